The number of hydrogen-bond donors (Lipinski definition) is 0. The van der Waals surface area contributed by atoms with Crippen LogP contribution in [0.1, 0.15) is 31.5 Å². The smallest absolute Gasteiger partial charge is 0.165 e. The first-order valence-corrected chi connectivity index (χ1v) is 5.70. The first kappa shape index (κ1) is 9.51. The molecule has 0 aliphatic carbocycles. The molecule has 82 valence electrons. The predicted octanol–water partition coefficient (Wildman–Crippen LogP) is 2.24. The third-order valence-electron chi connectivity index (χ3n) is 3.16. The predicted molar refractivity (Wildman–Crippen MR) is 60.9 cm³/mol. The molecule has 2 aromatic rings. The number of fused-ring (bicyclic) bond motifs is 1. The van der Waals surface area contributed by atoms with Crippen LogP contribution in [-0.2, 0) is 6.54 Å². The summed E-state index contributed by atoms with van der Waals surface area (Å²) in [4.78, 5) is 4.13. The van der Waals surface area contributed by atoms with Crippen LogP contribution in [0.5, 0.6) is 0 Å². The lowest BCUT2D eigenvalue weighted by Crippen LogP contribution is -2.14. The highest BCUT2D eigenvalue weighted by Gasteiger charge is 2.22. The Morgan fingerprint density at radius 1 is 1.38 bits per heavy atom. The second kappa shape index (κ2) is 3.70. The van der Waals surface area contributed by atoms with Gasteiger partial charge in [0.15, 0.2) is 5.82 Å². The lowest BCUT2D eigenvalue weighted by Gasteiger charge is -2.20. The van der Waals surface area contributed by atoms with Crippen LogP contribution in [0.25, 0.3) is 11.4 Å². The van der Waals surface area contributed by atoms with Crippen molar-refractivity contribution in [2.75, 3.05) is 0 Å². The first-order valence-electron chi connectivity index (χ1n) is 5.70. The Morgan fingerprint density at radius 2 is 2.31 bits per heavy atom. The molecule has 0 N–H and O–H groups in total. The van der Waals surface area contributed by atoms with E-state index in [4.69, 9.17) is 0 Å². The molecule has 16 heavy (non-hydrogen) atoms. The van der Waals surface area contributed by atoms with E-state index in [0.717, 1.165) is 23.8 Å². The van der Waals surface area contributed by atoms with E-state index in [1.807, 2.05) is 18.3 Å². The van der Waals surface area contributed by atoms with E-state index in [0.29, 0.717) is 5.92 Å². The highest BCUT2D eigenvalue weighted by atomic mass is 15.3. The number of aromatic nitrogens is 4. The van der Waals surface area contributed by atoms with E-state index in [2.05, 4.69) is 26.7 Å². The van der Waals surface area contributed by atoms with Gasteiger partial charge in [-0.25, -0.2) is 0 Å². The lowest BCUT2D eigenvalue weighted by atomic mass is 10.0. The molecule has 1 aliphatic heterocycles. The highest BCUT2D eigenvalue weighted by molar-refractivity contribution is 5.53. The third kappa shape index (κ3) is 1.41. The fourth-order valence-corrected chi connectivity index (χ4v) is 2.29. The summed E-state index contributed by atoms with van der Waals surface area (Å²) in [5.74, 6) is 2.59. The Labute approximate surface area is 94.4 Å². The number of hydrogen-bond acceptors (Lipinski definition) is 3. The zero-order valence-corrected chi connectivity index (χ0v) is 9.30. The molecular formula is C12H14N4. The summed E-state index contributed by atoms with van der Waals surface area (Å²) in [6, 6.07) is 3.97. The Morgan fingerprint density at radius 3 is 3.12 bits per heavy atom. The van der Waals surface area contributed by atoms with Gasteiger partial charge in [-0.1, -0.05) is 6.92 Å². The van der Waals surface area contributed by atoms with Crippen molar-refractivity contribution in [1.82, 2.24) is 19.7 Å². The van der Waals surface area contributed by atoms with Gasteiger partial charge in [-0.15, -0.1) is 10.2 Å². The Hall–Kier alpha value is -1.71. The van der Waals surface area contributed by atoms with Crippen LogP contribution in [0.3, 0.4) is 0 Å². The Balaban J connectivity index is 2.10. The van der Waals surface area contributed by atoms with E-state index >= 15 is 0 Å². The van der Waals surface area contributed by atoms with Gasteiger partial charge in [0, 0.05) is 30.4 Å². The summed E-state index contributed by atoms with van der Waals surface area (Å²) in [5, 5.41) is 8.59. The zero-order valence-electron chi connectivity index (χ0n) is 9.30. The van der Waals surface area contributed by atoms with Crippen LogP contribution in [0.15, 0.2) is 24.5 Å². The maximum absolute atomic E-state index is 4.30. The average Bonchev–Trinajstić information content (AvgIpc) is 2.75. The minimum absolute atomic E-state index is 0.520. The van der Waals surface area contributed by atoms with Gasteiger partial charge in [0.05, 0.1) is 0 Å². The van der Waals surface area contributed by atoms with Crippen LogP contribution in [0.4, 0.5) is 0 Å². The molecular weight excluding hydrogens is 200 g/mol. The second-order valence-corrected chi connectivity index (χ2v) is 4.32. The van der Waals surface area contributed by atoms with Crippen molar-refractivity contribution in [1.29, 1.82) is 0 Å². The van der Waals surface area contributed by atoms with Gasteiger partial charge in [-0.05, 0) is 25.0 Å². The van der Waals surface area contributed by atoms with Crippen LogP contribution in [-0.4, -0.2) is 19.7 Å². The summed E-state index contributed by atoms with van der Waals surface area (Å²) in [6.07, 6.45) is 6.04. The fourth-order valence-electron chi connectivity index (χ4n) is 2.29. The standard InChI is InChI=1S/C12H14N4/c1-9-4-3-7-16-11(9)14-15-12(16)10-5-2-6-13-8-10/h2,5-6,8-9H,3-4,7H2,1H3. The van der Waals surface area contributed by atoms with Crippen LogP contribution >= 0.6 is 0 Å². The van der Waals surface area contributed by atoms with E-state index in [-0.39, 0.29) is 0 Å². The second-order valence-electron chi connectivity index (χ2n) is 4.32. The molecule has 3 heterocycles. The molecule has 0 aromatic carbocycles. The van der Waals surface area contributed by atoms with Gasteiger partial charge < -0.3 is 4.57 Å². The van der Waals surface area contributed by atoms with Crippen molar-refractivity contribution < 1.29 is 0 Å². The topological polar surface area (TPSA) is 43.6 Å². The van der Waals surface area contributed by atoms with E-state index in [1.165, 1.54) is 12.8 Å². The minimum Gasteiger partial charge on any atom is -0.311 e. The number of pyridine rings is 1. The summed E-state index contributed by atoms with van der Waals surface area (Å²) < 4.78 is 2.23. The van der Waals surface area contributed by atoms with Crippen LogP contribution in [0.2, 0.25) is 0 Å². The Kier molecular flexibility index (Phi) is 2.20. The molecule has 0 saturated carbocycles. The summed E-state index contributed by atoms with van der Waals surface area (Å²) in [6.45, 7) is 3.24. The highest BCUT2D eigenvalue weighted by Crippen LogP contribution is 2.28. The molecule has 3 rings (SSSR count). The molecule has 1 atom stereocenters. The number of nitrogens with zero attached hydrogens (tertiary/aromatic N) is 4. The summed E-state index contributed by atoms with van der Waals surface area (Å²) in [7, 11) is 0. The number of rotatable bonds is 1. The molecule has 4 heteroatoms. The molecule has 1 unspecified atom stereocenters. The monoisotopic (exact) mass is 214 g/mol. The fraction of sp³-hybridized carbons (Fsp3) is 0.417. The SMILES string of the molecule is CC1CCCn2c(-c3cccnc3)nnc21. The molecule has 0 saturated heterocycles. The summed E-state index contributed by atoms with van der Waals surface area (Å²) in [5.41, 5.74) is 1.05. The van der Waals surface area contributed by atoms with Gasteiger partial charge in [0.25, 0.3) is 0 Å². The van der Waals surface area contributed by atoms with Crippen molar-refractivity contribution in [3.63, 3.8) is 0 Å². The van der Waals surface area contributed by atoms with Gasteiger partial charge in [0.2, 0.25) is 0 Å². The molecule has 0 spiro atoms. The maximum atomic E-state index is 4.30. The van der Waals surface area contributed by atoms with Gasteiger partial charge >= 0.3 is 0 Å². The average molecular weight is 214 g/mol. The van der Waals surface area contributed by atoms with Gasteiger partial charge in [-0.3, -0.25) is 4.98 Å². The largest absolute Gasteiger partial charge is 0.311 e. The molecule has 0 amide bonds. The molecule has 0 fully saturated rings. The van der Waals surface area contributed by atoms with Crippen molar-refractivity contribution in [3.8, 4) is 11.4 Å². The Bertz CT molecular complexity index is 489. The lowest BCUT2D eigenvalue weighted by molar-refractivity contribution is 0.466. The van der Waals surface area contributed by atoms with E-state index in [1.54, 1.807) is 6.20 Å². The normalized spacial score (nSPS) is 19.4. The third-order valence-corrected chi connectivity index (χ3v) is 3.16. The molecule has 2 aromatic heterocycles. The van der Waals surface area contributed by atoms with Crippen LogP contribution < -0.4 is 0 Å². The quantitative estimate of drug-likeness (QED) is 0.731. The molecule has 4 nitrogen and oxygen atoms in total. The summed E-state index contributed by atoms with van der Waals surface area (Å²) >= 11 is 0. The molecule has 1 aliphatic rings. The van der Waals surface area contributed by atoms with Crippen molar-refractivity contribution in [3.05, 3.63) is 30.4 Å². The molecule has 0 radical (unpaired) electrons. The molecule has 0 bridgehead atoms. The first-order chi connectivity index (χ1) is 7.86. The van der Waals surface area contributed by atoms with Crippen LogP contribution in [0, 0.1) is 0 Å². The zero-order chi connectivity index (χ0) is 11.0. The van der Waals surface area contributed by atoms with E-state index < -0.39 is 0 Å². The van der Waals surface area contributed by atoms with Crippen molar-refractivity contribution in [2.45, 2.75) is 32.2 Å². The van der Waals surface area contributed by atoms with E-state index in [9.17, 15) is 0 Å². The van der Waals surface area contributed by atoms with Crippen molar-refractivity contribution in [2.24, 2.45) is 0 Å². The van der Waals surface area contributed by atoms with Crippen molar-refractivity contribution >= 4 is 0 Å². The van der Waals surface area contributed by atoms with Gasteiger partial charge in [-0.2, -0.15) is 0 Å². The maximum Gasteiger partial charge on any atom is 0.165 e. The van der Waals surface area contributed by atoms with Gasteiger partial charge in [0.1, 0.15) is 5.82 Å². The minimum atomic E-state index is 0.520.